The smallest absolute Gasteiger partial charge is 0.305 e. The fourth-order valence-corrected chi connectivity index (χ4v) is 11.2. The maximum atomic E-state index is 15.3. The number of amides is 5. The fourth-order valence-electron chi connectivity index (χ4n) is 11.2. The molecule has 0 spiro atoms. The summed E-state index contributed by atoms with van der Waals surface area (Å²) in [5.74, 6) is -10.4. The first kappa shape index (κ1) is 91.1. The van der Waals surface area contributed by atoms with Crippen LogP contribution in [0.2, 0.25) is 0 Å². The van der Waals surface area contributed by atoms with Gasteiger partial charge in [0.05, 0.1) is 67.0 Å². The van der Waals surface area contributed by atoms with E-state index in [9.17, 15) is 82.4 Å². The summed E-state index contributed by atoms with van der Waals surface area (Å²) in [4.78, 5) is 227. The van der Waals surface area contributed by atoms with Crippen LogP contribution in [0.1, 0.15) is 135 Å². The minimum atomic E-state index is -2.03. The highest BCUT2D eigenvalue weighted by Crippen LogP contribution is 2.32. The van der Waals surface area contributed by atoms with Gasteiger partial charge in [-0.05, 0) is 105 Å². The predicted octanol–water partition coefficient (Wildman–Crippen LogP) is -1.18. The molecule has 0 aliphatic carbocycles. The first-order valence-electron chi connectivity index (χ1n) is 35.2. The van der Waals surface area contributed by atoms with Gasteiger partial charge in [0.25, 0.3) is 0 Å². The van der Waals surface area contributed by atoms with E-state index < -0.39 is 188 Å². The van der Waals surface area contributed by atoms with E-state index in [2.05, 4.69) is 65.1 Å². The second-order valence-corrected chi connectivity index (χ2v) is 26.5. The van der Waals surface area contributed by atoms with Crippen molar-refractivity contribution in [3.63, 3.8) is 0 Å². The van der Waals surface area contributed by atoms with E-state index in [1.807, 2.05) is 6.92 Å². The Hall–Kier alpha value is -10.1. The van der Waals surface area contributed by atoms with Crippen LogP contribution in [0.5, 0.6) is 11.5 Å². The zero-order chi connectivity index (χ0) is 79.8. The number of hydrogen-bond donors (Lipinski definition) is 16. The number of rotatable bonds is 59. The summed E-state index contributed by atoms with van der Waals surface area (Å²) < 4.78 is 0. The van der Waals surface area contributed by atoms with Crippen molar-refractivity contribution in [3.05, 3.63) is 108 Å². The van der Waals surface area contributed by atoms with Crippen LogP contribution in [-0.4, -0.2) is 203 Å². The molecular weight excluding hydrogens is 1390 g/mol. The number of carboxylic acids is 1. The number of carbonyl (C=O) groups excluding carboxylic acids is 16. The lowest BCUT2D eigenvalue weighted by atomic mass is 9.79. The van der Waals surface area contributed by atoms with Gasteiger partial charge < -0.3 is 81.6 Å². The molecule has 0 aliphatic heterocycles. The number of phenols is 2. The molecule has 18 N–H and O–H groups in total. The Labute approximate surface area is 620 Å². The molecule has 0 heterocycles. The zero-order valence-corrected chi connectivity index (χ0v) is 60.7. The van der Waals surface area contributed by atoms with Crippen LogP contribution in [-0.2, 0) is 101 Å². The molecular formula is C74H103N13O20. The van der Waals surface area contributed by atoms with Crippen molar-refractivity contribution in [1.29, 1.82) is 0 Å². The van der Waals surface area contributed by atoms with E-state index in [-0.39, 0.29) is 75.1 Å². The van der Waals surface area contributed by atoms with Gasteiger partial charge in [-0.1, -0.05) is 94.8 Å². The van der Waals surface area contributed by atoms with Gasteiger partial charge in [-0.2, -0.15) is 0 Å². The van der Waals surface area contributed by atoms with Gasteiger partial charge in [0.15, 0.2) is 23.1 Å². The molecule has 33 nitrogen and oxygen atoms in total. The number of aldehydes is 7. The van der Waals surface area contributed by atoms with E-state index in [1.165, 1.54) is 69.3 Å². The average molecular weight is 1490 g/mol. The molecule has 0 saturated heterocycles. The van der Waals surface area contributed by atoms with E-state index in [1.54, 1.807) is 43.3 Å². The van der Waals surface area contributed by atoms with Gasteiger partial charge in [0.2, 0.25) is 29.5 Å². The molecule has 0 aromatic heterocycles. The van der Waals surface area contributed by atoms with Gasteiger partial charge >= 0.3 is 5.97 Å². The molecule has 584 valence electrons. The van der Waals surface area contributed by atoms with Crippen molar-refractivity contribution in [1.82, 2.24) is 58.5 Å². The lowest BCUT2D eigenvalue weighted by Crippen LogP contribution is -2.63. The van der Waals surface area contributed by atoms with Crippen molar-refractivity contribution in [3.8, 4) is 11.5 Å². The van der Waals surface area contributed by atoms with E-state index in [0.29, 0.717) is 67.2 Å². The minimum Gasteiger partial charge on any atom is -0.508 e. The Bertz CT molecular complexity index is 3480. The molecule has 3 aromatic carbocycles. The SMILES string of the molecule is C=CCCC[C@](C)(CC[C@@H](NC(=O)CCC(=O)[C@@H](N)N[C@H](C=O)[C@@H](C)CC)N[C@H](C=O)CC(=O)O)C(=O)N[C@@H](N[C@H](C=O)Cc1ccccc1)C(=O)C[C@@H](N[C@H](C=O)CC(N)=O)C(=O)N[C@@H](N[C@@H](C)C=O)C(=O)C[C@@H](N[C@H](C=O)Cc1ccc(O)cc1)C(=O)N[C@@H](N[C@H](C=O)Cc1ccc(O)cc1)C(=O)CC. The van der Waals surface area contributed by atoms with E-state index in [4.69, 9.17) is 11.5 Å². The first-order chi connectivity index (χ1) is 50.9. The summed E-state index contributed by atoms with van der Waals surface area (Å²) in [5, 5.41) is 58.8. The summed E-state index contributed by atoms with van der Waals surface area (Å²) in [5.41, 5.74) is 11.5. The number of allylic oxidation sites excluding steroid dienone is 1. The van der Waals surface area contributed by atoms with Crippen LogP contribution in [0.25, 0.3) is 0 Å². The van der Waals surface area contributed by atoms with Gasteiger partial charge in [-0.25, -0.2) is 0 Å². The number of benzene rings is 3. The van der Waals surface area contributed by atoms with Crippen molar-refractivity contribution < 1.29 is 96.8 Å². The molecule has 33 heteroatoms. The molecule has 0 fully saturated rings. The number of carbonyl (C=O) groups is 17. The molecule has 3 aromatic rings. The number of nitrogens with two attached hydrogens (primary N) is 2. The van der Waals surface area contributed by atoms with Crippen molar-refractivity contribution in [2.45, 2.75) is 223 Å². The minimum absolute atomic E-state index is 0.00324. The summed E-state index contributed by atoms with van der Waals surface area (Å²) in [7, 11) is 0. The van der Waals surface area contributed by atoms with Gasteiger partial charge in [-0.15, -0.1) is 6.58 Å². The van der Waals surface area contributed by atoms with Crippen LogP contribution in [0.3, 0.4) is 0 Å². The molecule has 0 aliphatic rings. The second-order valence-electron chi connectivity index (χ2n) is 26.5. The molecule has 16 atom stereocenters. The molecule has 0 saturated carbocycles. The molecule has 3 rings (SSSR count). The molecule has 107 heavy (non-hydrogen) atoms. The first-order valence-corrected chi connectivity index (χ1v) is 35.2. The third-order valence-corrected chi connectivity index (χ3v) is 17.7. The van der Waals surface area contributed by atoms with E-state index in [0.717, 1.165) is 0 Å². The number of phenolic OH excluding ortho intramolecular Hbond substituents is 2. The molecule has 0 bridgehead atoms. The van der Waals surface area contributed by atoms with Crippen LogP contribution < -0.4 is 70.0 Å². The third-order valence-electron chi connectivity index (χ3n) is 17.7. The molecule has 0 unspecified atom stereocenters. The Morgan fingerprint density at radius 2 is 0.981 bits per heavy atom. The number of ketones is 4. The number of primary amides is 1. The second kappa shape index (κ2) is 48.1. The lowest BCUT2D eigenvalue weighted by Gasteiger charge is -2.34. The zero-order valence-electron chi connectivity index (χ0n) is 60.7. The fraction of sp³-hybridized carbons (Fsp3) is 0.500. The maximum absolute atomic E-state index is 15.3. The van der Waals surface area contributed by atoms with Gasteiger partial charge in [0, 0.05) is 43.9 Å². The number of nitrogens with one attached hydrogen (secondary N) is 11. The number of Topliss-reactive ketones (excluding diaryl/α,β-unsaturated/α-hetero) is 4. The highest BCUT2D eigenvalue weighted by molar-refractivity contribution is 5.99. The summed E-state index contributed by atoms with van der Waals surface area (Å²) in [6, 6.07) is 7.08. The predicted molar refractivity (Wildman–Crippen MR) is 389 cm³/mol. The van der Waals surface area contributed by atoms with Gasteiger partial charge in [-0.3, -0.25) is 85.2 Å². The Balaban J connectivity index is 2.19. The van der Waals surface area contributed by atoms with Crippen molar-refractivity contribution in [2.75, 3.05) is 0 Å². The quantitative estimate of drug-likeness (QED) is 0.0137. The Morgan fingerprint density at radius 3 is 1.43 bits per heavy atom. The largest absolute Gasteiger partial charge is 0.508 e. The molecule has 0 radical (unpaired) electrons. The number of carboxylic acid groups (broad SMARTS) is 1. The number of hydrogen-bond acceptors (Lipinski definition) is 27. The topological polar surface area (TPSA) is 535 Å². The normalized spacial score (nSPS) is 16.0. The monoisotopic (exact) mass is 1490 g/mol. The number of aliphatic carboxylic acids is 1. The van der Waals surface area contributed by atoms with Crippen LogP contribution in [0, 0.1) is 11.3 Å². The molecule has 5 amide bonds. The van der Waals surface area contributed by atoms with E-state index >= 15 is 14.4 Å². The Kier molecular flexibility index (Phi) is 41.0. The van der Waals surface area contributed by atoms with Crippen molar-refractivity contribution >= 4 is 103 Å². The van der Waals surface area contributed by atoms with Gasteiger partial charge in [0.1, 0.15) is 80.2 Å². The summed E-state index contributed by atoms with van der Waals surface area (Å²) in [6.45, 7) is 11.6. The third kappa shape index (κ3) is 33.5. The van der Waals surface area contributed by atoms with Crippen LogP contribution >= 0.6 is 0 Å². The summed E-state index contributed by atoms with van der Waals surface area (Å²) >= 11 is 0. The highest BCUT2D eigenvalue weighted by Gasteiger charge is 2.40. The summed E-state index contributed by atoms with van der Waals surface area (Å²) in [6.07, 6.45) is -8.20. The van der Waals surface area contributed by atoms with Crippen LogP contribution in [0.15, 0.2) is 91.5 Å². The highest BCUT2D eigenvalue weighted by atomic mass is 16.4. The standard InChI is InChI=1S/C74H103N13O20/c1-7-10-14-28-74(6,29-27-64(80-53(42-93)34-66(103)104)84-65(102)26-25-60(98)67(76)83-58(43-94)44(4)8-2)73(107)87-70(82-50(39-90)30-46-15-12-11-13-16-46)62(100)36-57(79-52(41-92)33-63(75)101)72(106)86-69(77-45(5)37-88)61(99)35-56(78-49(38-89)31-47-17-21-54(95)22-18-47)71(105)85-68(59(97)9-3)81-51(40-91)32-48-19-23-55(96)24-20-48/h7,11-13,15-24,37-45,49-53,56-58,64,67-70,77-83,95-96H,1,8-10,14,25-36,76H2,2-6H3,(H2,75,101)(H,84,102)(H,85,105)(H,86,106)(H,87,107)(H,103,104)/t44-,45-,49-,50-,51-,52-,53-,56+,57+,58+,64+,67-,68+,69+,70+,74+/m0/s1. The number of unbranched alkanes of at least 4 members (excludes halogenated alkanes) is 1. The van der Waals surface area contributed by atoms with Crippen molar-refractivity contribution in [2.24, 2.45) is 22.8 Å². The average Bonchev–Trinajstić information content (AvgIpc) is 0.806. The maximum Gasteiger partial charge on any atom is 0.305 e. The number of aromatic hydroxyl groups is 2. The van der Waals surface area contributed by atoms with Crippen LogP contribution in [0.4, 0.5) is 0 Å². The Morgan fingerprint density at radius 1 is 0.514 bits per heavy atom. The lowest BCUT2D eigenvalue weighted by molar-refractivity contribution is -0.138.